The quantitative estimate of drug-likeness (QED) is 0.603. The van der Waals surface area contributed by atoms with E-state index in [0.717, 1.165) is 12.8 Å². The average Bonchev–Trinajstić information content (AvgIpc) is 2.39. The van der Waals surface area contributed by atoms with Crippen LogP contribution in [0, 0.1) is 0 Å². The van der Waals surface area contributed by atoms with E-state index in [-0.39, 0.29) is 0 Å². The molecule has 1 heteroatoms. The van der Waals surface area contributed by atoms with Gasteiger partial charge in [-0.15, -0.1) is 0 Å². The van der Waals surface area contributed by atoms with Gasteiger partial charge in [-0.25, -0.2) is 0 Å². The fourth-order valence-electron chi connectivity index (χ4n) is 0.962. The van der Waals surface area contributed by atoms with Gasteiger partial charge in [-0.2, -0.15) is 0 Å². The Labute approximate surface area is 67.7 Å². The highest BCUT2D eigenvalue weighted by Crippen LogP contribution is 2.05. The summed E-state index contributed by atoms with van der Waals surface area (Å²) in [6.45, 7) is 4.24. The van der Waals surface area contributed by atoms with Crippen LogP contribution in [0.25, 0.3) is 0 Å². The molecular weight excluding hydrogens is 136 g/mol. The summed E-state index contributed by atoms with van der Waals surface area (Å²) in [5.74, 6) is 0. The van der Waals surface area contributed by atoms with Crippen molar-refractivity contribution in [3.05, 3.63) is 35.8 Å². The molecule has 0 aromatic carbocycles. The molecule has 60 valence electrons. The van der Waals surface area contributed by atoms with Crippen LogP contribution in [0.4, 0.5) is 0 Å². The predicted octanol–water partition coefficient (Wildman–Crippen LogP) is 3.18. The van der Waals surface area contributed by atoms with Crippen molar-refractivity contribution in [2.75, 3.05) is 0 Å². The van der Waals surface area contributed by atoms with E-state index in [2.05, 4.69) is 19.9 Å². The Morgan fingerprint density at radius 1 is 1.55 bits per heavy atom. The highest BCUT2D eigenvalue weighted by Gasteiger charge is 1.90. The standard InChI is InChI=1S/C10H14O/c1-9(2)4-3-5-10-6-7-11-8-10/h4,6-8H,3,5H2,1-2H3. The monoisotopic (exact) mass is 150 g/mol. The molecular formula is C10H14O. The minimum absolute atomic E-state index is 1.08. The second-order valence-electron chi connectivity index (χ2n) is 2.95. The Morgan fingerprint density at radius 2 is 2.36 bits per heavy atom. The van der Waals surface area contributed by atoms with Gasteiger partial charge in [0, 0.05) is 0 Å². The number of hydrogen-bond acceptors (Lipinski definition) is 1. The van der Waals surface area contributed by atoms with Crippen molar-refractivity contribution in [1.29, 1.82) is 0 Å². The molecule has 0 bridgehead atoms. The summed E-state index contributed by atoms with van der Waals surface area (Å²) >= 11 is 0. The fourth-order valence-corrected chi connectivity index (χ4v) is 0.962. The van der Waals surface area contributed by atoms with Crippen LogP contribution in [-0.2, 0) is 6.42 Å². The van der Waals surface area contributed by atoms with Gasteiger partial charge in [0.15, 0.2) is 0 Å². The van der Waals surface area contributed by atoms with Crippen molar-refractivity contribution in [2.45, 2.75) is 26.7 Å². The van der Waals surface area contributed by atoms with Crippen molar-refractivity contribution < 1.29 is 4.42 Å². The Bertz CT molecular complexity index is 215. The number of aryl methyl sites for hydroxylation is 1. The molecule has 1 heterocycles. The Balaban J connectivity index is 2.30. The molecule has 1 rings (SSSR count). The molecule has 1 aromatic heterocycles. The molecule has 11 heavy (non-hydrogen) atoms. The van der Waals surface area contributed by atoms with E-state index in [4.69, 9.17) is 4.42 Å². The lowest BCUT2D eigenvalue weighted by Gasteiger charge is -1.91. The molecule has 0 aliphatic rings. The third-order valence-corrected chi connectivity index (χ3v) is 1.57. The minimum Gasteiger partial charge on any atom is -0.472 e. The van der Waals surface area contributed by atoms with Crippen LogP contribution in [0.2, 0.25) is 0 Å². The van der Waals surface area contributed by atoms with Gasteiger partial charge in [-0.3, -0.25) is 0 Å². The van der Waals surface area contributed by atoms with Gasteiger partial charge in [-0.05, 0) is 38.3 Å². The SMILES string of the molecule is CC(C)=CCCc1ccoc1. The molecule has 0 amide bonds. The summed E-state index contributed by atoms with van der Waals surface area (Å²) in [4.78, 5) is 0. The molecule has 0 saturated carbocycles. The van der Waals surface area contributed by atoms with Crippen molar-refractivity contribution in [3.8, 4) is 0 Å². The topological polar surface area (TPSA) is 13.1 Å². The fraction of sp³-hybridized carbons (Fsp3) is 0.400. The Hall–Kier alpha value is -0.980. The van der Waals surface area contributed by atoms with Crippen LogP contribution >= 0.6 is 0 Å². The van der Waals surface area contributed by atoms with E-state index in [0.29, 0.717) is 0 Å². The summed E-state index contributed by atoms with van der Waals surface area (Å²) < 4.78 is 4.95. The first-order chi connectivity index (χ1) is 5.29. The van der Waals surface area contributed by atoms with Gasteiger partial charge in [0.1, 0.15) is 0 Å². The van der Waals surface area contributed by atoms with Gasteiger partial charge in [0.05, 0.1) is 12.5 Å². The van der Waals surface area contributed by atoms with E-state index in [1.807, 2.05) is 6.07 Å². The summed E-state index contributed by atoms with van der Waals surface area (Å²) in [6, 6.07) is 2.01. The second-order valence-corrected chi connectivity index (χ2v) is 2.95. The van der Waals surface area contributed by atoms with E-state index in [1.165, 1.54) is 11.1 Å². The highest BCUT2D eigenvalue weighted by atomic mass is 16.3. The maximum Gasteiger partial charge on any atom is 0.0934 e. The van der Waals surface area contributed by atoms with Gasteiger partial charge in [-0.1, -0.05) is 11.6 Å². The summed E-state index contributed by atoms with van der Waals surface area (Å²) in [6.07, 6.45) is 7.97. The molecule has 0 fully saturated rings. The number of rotatable bonds is 3. The first-order valence-corrected chi connectivity index (χ1v) is 3.93. The van der Waals surface area contributed by atoms with Crippen molar-refractivity contribution >= 4 is 0 Å². The van der Waals surface area contributed by atoms with Crippen LogP contribution in [-0.4, -0.2) is 0 Å². The molecule has 0 aliphatic carbocycles. The lowest BCUT2D eigenvalue weighted by atomic mass is 10.1. The van der Waals surface area contributed by atoms with Crippen molar-refractivity contribution in [1.82, 2.24) is 0 Å². The predicted molar refractivity (Wildman–Crippen MR) is 46.5 cm³/mol. The Kier molecular flexibility index (Phi) is 2.96. The Morgan fingerprint density at radius 3 is 2.91 bits per heavy atom. The average molecular weight is 150 g/mol. The summed E-state index contributed by atoms with van der Waals surface area (Å²) in [5.41, 5.74) is 2.66. The van der Waals surface area contributed by atoms with Gasteiger partial charge < -0.3 is 4.42 Å². The molecule has 0 N–H and O–H groups in total. The van der Waals surface area contributed by atoms with Gasteiger partial charge in [0.25, 0.3) is 0 Å². The number of allylic oxidation sites excluding steroid dienone is 2. The van der Waals surface area contributed by atoms with E-state index in [1.54, 1.807) is 12.5 Å². The molecule has 0 saturated heterocycles. The third kappa shape index (κ3) is 3.08. The van der Waals surface area contributed by atoms with Crippen LogP contribution in [0.3, 0.4) is 0 Å². The normalized spacial score (nSPS) is 9.64. The molecule has 1 nitrogen and oxygen atoms in total. The van der Waals surface area contributed by atoms with Crippen molar-refractivity contribution in [3.63, 3.8) is 0 Å². The maximum absolute atomic E-state index is 4.95. The lowest BCUT2D eigenvalue weighted by molar-refractivity contribution is 0.564. The molecule has 0 spiro atoms. The molecule has 1 aromatic rings. The smallest absolute Gasteiger partial charge is 0.0934 e. The lowest BCUT2D eigenvalue weighted by Crippen LogP contribution is -1.78. The zero-order chi connectivity index (χ0) is 8.10. The molecule has 0 radical (unpaired) electrons. The third-order valence-electron chi connectivity index (χ3n) is 1.57. The largest absolute Gasteiger partial charge is 0.472 e. The van der Waals surface area contributed by atoms with E-state index in [9.17, 15) is 0 Å². The molecule has 0 atom stereocenters. The first-order valence-electron chi connectivity index (χ1n) is 3.93. The second kappa shape index (κ2) is 4.02. The van der Waals surface area contributed by atoms with Crippen LogP contribution in [0.5, 0.6) is 0 Å². The van der Waals surface area contributed by atoms with E-state index >= 15 is 0 Å². The minimum atomic E-state index is 1.08. The highest BCUT2D eigenvalue weighted by molar-refractivity contribution is 5.07. The maximum atomic E-state index is 4.95. The zero-order valence-electron chi connectivity index (χ0n) is 7.13. The first kappa shape index (κ1) is 8.12. The van der Waals surface area contributed by atoms with Crippen LogP contribution < -0.4 is 0 Å². The van der Waals surface area contributed by atoms with Crippen molar-refractivity contribution in [2.24, 2.45) is 0 Å². The summed E-state index contributed by atoms with van der Waals surface area (Å²) in [5, 5.41) is 0. The van der Waals surface area contributed by atoms with E-state index < -0.39 is 0 Å². The van der Waals surface area contributed by atoms with Gasteiger partial charge >= 0.3 is 0 Å². The number of hydrogen-bond donors (Lipinski definition) is 0. The van der Waals surface area contributed by atoms with Crippen LogP contribution in [0.15, 0.2) is 34.7 Å². The number of furan rings is 1. The van der Waals surface area contributed by atoms with Crippen LogP contribution in [0.1, 0.15) is 25.8 Å². The van der Waals surface area contributed by atoms with Gasteiger partial charge in [0.2, 0.25) is 0 Å². The zero-order valence-corrected chi connectivity index (χ0v) is 7.13. The molecule has 0 unspecified atom stereocenters. The summed E-state index contributed by atoms with van der Waals surface area (Å²) in [7, 11) is 0. The molecule has 0 aliphatic heterocycles.